The molecule has 0 unspecified atom stereocenters. The van der Waals surface area contributed by atoms with E-state index in [4.69, 9.17) is 0 Å². The standard InChI is InChI=1S/2C3H5NS2.Mn/c2*5-3(6)4-1-2-4;/h2*1-2H2,(H,5,6);/q;;+2/p-2. The number of rotatable bonds is 0. The smallest absolute Gasteiger partial charge is 0.411 e. The van der Waals surface area contributed by atoms with Crippen LogP contribution < -0.4 is 0 Å². The quantitative estimate of drug-likeness (QED) is 0.271. The van der Waals surface area contributed by atoms with Crippen molar-refractivity contribution in [2.75, 3.05) is 26.2 Å². The van der Waals surface area contributed by atoms with Gasteiger partial charge >= 0.3 is 17.1 Å². The summed E-state index contributed by atoms with van der Waals surface area (Å²) < 4.78 is 1.24. The zero-order chi connectivity index (χ0) is 9.14. The Morgan fingerprint density at radius 1 is 0.846 bits per heavy atom. The second-order valence-corrected chi connectivity index (χ2v) is 4.57. The first-order valence-corrected chi connectivity index (χ1v) is 5.16. The first-order valence-electron chi connectivity index (χ1n) is 3.53. The van der Waals surface area contributed by atoms with Crippen molar-refractivity contribution in [2.45, 2.75) is 0 Å². The molecule has 0 bridgehead atoms. The van der Waals surface area contributed by atoms with E-state index >= 15 is 0 Å². The van der Waals surface area contributed by atoms with Gasteiger partial charge in [0, 0.05) is 26.2 Å². The second kappa shape index (κ2) is 6.27. The minimum Gasteiger partial charge on any atom is -0.411 e. The summed E-state index contributed by atoms with van der Waals surface area (Å²) in [6.45, 7) is 4.34. The monoisotopic (exact) mass is 291 g/mol. The molecule has 13 heavy (non-hydrogen) atoms. The van der Waals surface area contributed by atoms with Crippen LogP contribution in [0.5, 0.6) is 0 Å². The molecule has 2 rings (SSSR count). The molecule has 73 valence electrons. The van der Waals surface area contributed by atoms with Gasteiger partial charge in [0.15, 0.2) is 0 Å². The molecule has 2 heterocycles. The third-order valence-corrected chi connectivity index (χ3v) is 2.44. The fourth-order valence-electron chi connectivity index (χ4n) is 0.465. The van der Waals surface area contributed by atoms with E-state index in [1.165, 1.54) is 0 Å². The zero-order valence-corrected chi connectivity index (χ0v) is 11.2. The van der Waals surface area contributed by atoms with Gasteiger partial charge in [-0.2, -0.15) is 0 Å². The van der Waals surface area contributed by atoms with E-state index in [2.05, 4.69) is 49.7 Å². The largest absolute Gasteiger partial charge is 2.00 e. The van der Waals surface area contributed by atoms with Crippen molar-refractivity contribution in [1.82, 2.24) is 9.80 Å². The Labute approximate surface area is 111 Å². The first kappa shape index (κ1) is 13.7. The van der Waals surface area contributed by atoms with Crippen LogP contribution >= 0.6 is 24.4 Å². The van der Waals surface area contributed by atoms with Gasteiger partial charge in [-0.1, -0.05) is 8.64 Å². The molecule has 2 aliphatic heterocycles. The van der Waals surface area contributed by atoms with Gasteiger partial charge < -0.3 is 59.5 Å². The van der Waals surface area contributed by atoms with Gasteiger partial charge in [0.2, 0.25) is 0 Å². The molecule has 0 saturated carbocycles. The Bertz CT molecular complexity index is 181. The maximum absolute atomic E-state index is 4.62. The Morgan fingerprint density at radius 2 is 1.08 bits per heavy atom. The summed E-state index contributed by atoms with van der Waals surface area (Å²) in [5.41, 5.74) is 0. The van der Waals surface area contributed by atoms with Crippen LogP contribution in [0.15, 0.2) is 0 Å². The van der Waals surface area contributed by atoms with E-state index in [1.807, 2.05) is 9.80 Å². The fourth-order valence-corrected chi connectivity index (χ4v) is 1.20. The van der Waals surface area contributed by atoms with Crippen molar-refractivity contribution < 1.29 is 17.1 Å². The van der Waals surface area contributed by atoms with Crippen molar-refractivity contribution in [3.8, 4) is 0 Å². The van der Waals surface area contributed by atoms with Crippen LogP contribution in [0, 0.1) is 0 Å². The van der Waals surface area contributed by atoms with Gasteiger partial charge in [0.25, 0.3) is 0 Å². The van der Waals surface area contributed by atoms with Gasteiger partial charge in [-0.3, -0.25) is 0 Å². The summed E-state index contributed by atoms with van der Waals surface area (Å²) in [5, 5.41) is 0. The topological polar surface area (TPSA) is 6.02 Å². The van der Waals surface area contributed by atoms with Crippen LogP contribution in [0.25, 0.3) is 0 Å². The van der Waals surface area contributed by atoms with Gasteiger partial charge in [-0.25, -0.2) is 0 Å². The van der Waals surface area contributed by atoms with Crippen LogP contribution in [0.1, 0.15) is 0 Å². The molecular formula is C6H8MnN2S4. The molecule has 0 aromatic rings. The molecule has 0 spiro atoms. The van der Waals surface area contributed by atoms with E-state index < -0.39 is 0 Å². The van der Waals surface area contributed by atoms with Gasteiger partial charge in [0.05, 0.1) is 0 Å². The molecule has 2 nitrogen and oxygen atoms in total. The number of hydrogen-bond donors (Lipinski definition) is 0. The molecule has 0 amide bonds. The van der Waals surface area contributed by atoms with E-state index in [0.29, 0.717) is 8.64 Å². The number of nitrogens with zero attached hydrogens (tertiary/aromatic N) is 2. The third-order valence-electron chi connectivity index (χ3n) is 1.41. The van der Waals surface area contributed by atoms with Crippen LogP contribution in [0.4, 0.5) is 0 Å². The summed E-state index contributed by atoms with van der Waals surface area (Å²) in [6.07, 6.45) is 0. The molecule has 0 atom stereocenters. The van der Waals surface area contributed by atoms with Crippen molar-refractivity contribution >= 4 is 58.3 Å². The molecule has 2 saturated heterocycles. The van der Waals surface area contributed by atoms with Crippen LogP contribution in [-0.4, -0.2) is 44.6 Å². The van der Waals surface area contributed by atoms with Crippen molar-refractivity contribution in [3.63, 3.8) is 0 Å². The van der Waals surface area contributed by atoms with E-state index in [9.17, 15) is 0 Å². The number of hydrogen-bond acceptors (Lipinski definition) is 4. The maximum atomic E-state index is 4.62. The molecule has 7 heteroatoms. The Morgan fingerprint density at radius 3 is 1.08 bits per heavy atom. The summed E-state index contributed by atoms with van der Waals surface area (Å²) in [5.74, 6) is 0. The molecule has 0 aliphatic carbocycles. The van der Waals surface area contributed by atoms with Gasteiger partial charge in [0.1, 0.15) is 0 Å². The average Bonchev–Trinajstić information content (AvgIpc) is 2.85. The van der Waals surface area contributed by atoms with E-state index in [-0.39, 0.29) is 17.1 Å². The van der Waals surface area contributed by atoms with Crippen molar-refractivity contribution in [2.24, 2.45) is 0 Å². The fraction of sp³-hybridized carbons (Fsp3) is 0.667. The minimum absolute atomic E-state index is 0. The number of thiocarbonyl (C=S) groups is 2. The van der Waals surface area contributed by atoms with Crippen LogP contribution in [0.2, 0.25) is 0 Å². The summed E-state index contributed by atoms with van der Waals surface area (Å²) in [4.78, 5) is 3.93. The normalized spacial score (nSPS) is 16.3. The van der Waals surface area contributed by atoms with Crippen LogP contribution in [-0.2, 0) is 42.3 Å². The SMILES string of the molecule is S=C([S-])N1CC1.S=C([S-])N1CC1.[Mn+2]. The maximum Gasteiger partial charge on any atom is 2.00 e. The van der Waals surface area contributed by atoms with Crippen LogP contribution in [0.3, 0.4) is 0 Å². The molecule has 1 radical (unpaired) electrons. The van der Waals surface area contributed by atoms with Crippen molar-refractivity contribution in [3.05, 3.63) is 0 Å². The Balaban J connectivity index is 0.000000206. The second-order valence-electron chi connectivity index (χ2n) is 2.51. The molecule has 0 N–H and O–H groups in total. The average molecular weight is 291 g/mol. The predicted molar refractivity (Wildman–Crippen MR) is 63.1 cm³/mol. The third kappa shape index (κ3) is 6.76. The summed E-state index contributed by atoms with van der Waals surface area (Å²) >= 11 is 18.5. The molecule has 0 aromatic carbocycles. The summed E-state index contributed by atoms with van der Waals surface area (Å²) in [7, 11) is 0. The van der Waals surface area contributed by atoms with E-state index in [1.54, 1.807) is 0 Å². The van der Waals surface area contributed by atoms with Crippen molar-refractivity contribution in [1.29, 1.82) is 0 Å². The van der Waals surface area contributed by atoms with Gasteiger partial charge in [-0.15, -0.1) is 0 Å². The Hall–Kier alpha value is 0.739. The van der Waals surface area contributed by atoms with E-state index in [0.717, 1.165) is 26.2 Å². The minimum atomic E-state index is 0. The van der Waals surface area contributed by atoms with Gasteiger partial charge in [-0.05, 0) is 0 Å². The molecular weight excluding hydrogens is 283 g/mol. The molecule has 0 aromatic heterocycles. The first-order chi connectivity index (χ1) is 5.61. The Kier molecular flexibility index (Phi) is 6.62. The molecule has 2 fully saturated rings. The molecule has 2 aliphatic rings. The predicted octanol–water partition coefficient (Wildman–Crippen LogP) is 0.265. The summed E-state index contributed by atoms with van der Waals surface area (Å²) in [6, 6.07) is 0. The zero-order valence-electron chi connectivity index (χ0n) is 6.73.